The van der Waals surface area contributed by atoms with Crippen LogP contribution in [0.4, 0.5) is 11.5 Å². The number of nitrogens with one attached hydrogen (secondary N) is 1. The van der Waals surface area contributed by atoms with Crippen molar-refractivity contribution in [2.45, 2.75) is 4.90 Å². The molecule has 0 radical (unpaired) electrons. The molecule has 158 valence electrons. The van der Waals surface area contributed by atoms with E-state index in [0.717, 1.165) is 4.90 Å². The molecule has 0 atom stereocenters. The molecule has 2 heterocycles. The molecule has 3 aromatic carbocycles. The largest absolute Gasteiger partial charge is 0.268 e. The maximum atomic E-state index is 12.9. The van der Waals surface area contributed by atoms with Crippen molar-refractivity contribution in [3.05, 3.63) is 102 Å². The van der Waals surface area contributed by atoms with Crippen molar-refractivity contribution in [3.8, 4) is 5.69 Å². The number of para-hydroxylation sites is 1. The Morgan fingerprint density at radius 1 is 0.688 bits per heavy atom. The zero-order valence-corrected chi connectivity index (χ0v) is 17.4. The summed E-state index contributed by atoms with van der Waals surface area (Å²) in [7, 11) is -3.93. The molecule has 0 aliphatic carbocycles. The molecule has 0 saturated carbocycles. The molecule has 1 N–H and O–H groups in total. The highest BCUT2D eigenvalue weighted by Crippen LogP contribution is 2.29. The Hall–Kier alpha value is -4.24. The standard InChI is InChI=1S/C23H16N4O4S/c28-22-19-8-4-5-9-20(19)23(29)26(22)16-10-12-18(13-11-16)32(30,31)25-21-14-15-24-27(21)17-6-2-1-3-7-17/h1-15,25H. The summed E-state index contributed by atoms with van der Waals surface area (Å²) in [4.78, 5) is 26.3. The monoisotopic (exact) mass is 444 g/mol. The number of aromatic nitrogens is 2. The van der Waals surface area contributed by atoms with Crippen molar-refractivity contribution in [2.24, 2.45) is 0 Å². The predicted molar refractivity (Wildman–Crippen MR) is 118 cm³/mol. The Morgan fingerprint density at radius 3 is 1.91 bits per heavy atom. The molecule has 0 bridgehead atoms. The fourth-order valence-electron chi connectivity index (χ4n) is 3.55. The number of amides is 2. The first-order chi connectivity index (χ1) is 15.5. The van der Waals surface area contributed by atoms with Gasteiger partial charge in [0.25, 0.3) is 21.8 Å². The van der Waals surface area contributed by atoms with Crippen LogP contribution in [0.2, 0.25) is 0 Å². The molecular weight excluding hydrogens is 428 g/mol. The lowest BCUT2D eigenvalue weighted by atomic mass is 10.1. The highest BCUT2D eigenvalue weighted by atomic mass is 32.2. The summed E-state index contributed by atoms with van der Waals surface area (Å²) in [5.74, 6) is -0.599. The lowest BCUT2D eigenvalue weighted by molar-refractivity contribution is 0.0926. The summed E-state index contributed by atoms with van der Waals surface area (Å²) in [6.07, 6.45) is 1.50. The first-order valence-corrected chi connectivity index (χ1v) is 11.1. The van der Waals surface area contributed by atoms with Gasteiger partial charge in [-0.15, -0.1) is 0 Å². The predicted octanol–water partition coefficient (Wildman–Crippen LogP) is 3.47. The van der Waals surface area contributed by atoms with Gasteiger partial charge in [0, 0.05) is 6.07 Å². The second-order valence-electron chi connectivity index (χ2n) is 7.05. The minimum absolute atomic E-state index is 0.0151. The molecule has 2 amide bonds. The van der Waals surface area contributed by atoms with Gasteiger partial charge in [0.2, 0.25) is 0 Å². The van der Waals surface area contributed by atoms with Crippen LogP contribution in [0, 0.1) is 0 Å². The minimum Gasteiger partial charge on any atom is -0.268 e. The van der Waals surface area contributed by atoms with E-state index in [-0.39, 0.29) is 10.7 Å². The minimum atomic E-state index is -3.93. The molecule has 32 heavy (non-hydrogen) atoms. The average molecular weight is 444 g/mol. The number of anilines is 2. The number of hydrogen-bond acceptors (Lipinski definition) is 5. The van der Waals surface area contributed by atoms with Crippen LogP contribution in [0.25, 0.3) is 5.69 Å². The van der Waals surface area contributed by atoms with E-state index in [1.54, 1.807) is 30.3 Å². The van der Waals surface area contributed by atoms with Gasteiger partial charge in [-0.1, -0.05) is 30.3 Å². The van der Waals surface area contributed by atoms with E-state index >= 15 is 0 Å². The molecule has 1 aliphatic rings. The van der Waals surface area contributed by atoms with Gasteiger partial charge >= 0.3 is 0 Å². The normalized spacial score (nSPS) is 13.3. The summed E-state index contributed by atoms with van der Waals surface area (Å²) in [6.45, 7) is 0. The topological polar surface area (TPSA) is 101 Å². The fourth-order valence-corrected chi connectivity index (χ4v) is 4.59. The average Bonchev–Trinajstić information content (AvgIpc) is 3.37. The lowest BCUT2D eigenvalue weighted by Gasteiger charge is -2.15. The van der Waals surface area contributed by atoms with Crippen LogP contribution < -0.4 is 9.62 Å². The molecule has 5 rings (SSSR count). The van der Waals surface area contributed by atoms with E-state index in [1.165, 1.54) is 35.1 Å². The summed E-state index contributed by atoms with van der Waals surface area (Å²) in [5.41, 5.74) is 1.65. The van der Waals surface area contributed by atoms with Crippen LogP contribution in [0.1, 0.15) is 20.7 Å². The zero-order chi connectivity index (χ0) is 22.3. The van der Waals surface area contributed by atoms with E-state index in [0.29, 0.717) is 22.5 Å². The van der Waals surface area contributed by atoms with Crippen molar-refractivity contribution >= 4 is 33.3 Å². The van der Waals surface area contributed by atoms with Gasteiger partial charge in [0.15, 0.2) is 0 Å². The van der Waals surface area contributed by atoms with Crippen LogP contribution in [0.3, 0.4) is 0 Å². The number of fused-ring (bicyclic) bond motifs is 1. The third-order valence-corrected chi connectivity index (χ3v) is 6.45. The molecular formula is C23H16N4O4S. The van der Waals surface area contributed by atoms with Crippen molar-refractivity contribution in [1.29, 1.82) is 0 Å². The first kappa shape index (κ1) is 19.7. The number of carbonyl (C=O) groups is 2. The Morgan fingerprint density at radius 2 is 1.28 bits per heavy atom. The first-order valence-electron chi connectivity index (χ1n) is 9.66. The molecule has 4 aromatic rings. The van der Waals surface area contributed by atoms with E-state index in [9.17, 15) is 18.0 Å². The maximum absolute atomic E-state index is 12.9. The highest BCUT2D eigenvalue weighted by Gasteiger charge is 2.36. The van der Waals surface area contributed by atoms with Crippen LogP contribution in [0.5, 0.6) is 0 Å². The van der Waals surface area contributed by atoms with Gasteiger partial charge in [-0.25, -0.2) is 18.0 Å². The second kappa shape index (κ2) is 7.47. The number of sulfonamides is 1. The van der Waals surface area contributed by atoms with E-state index in [2.05, 4.69) is 9.82 Å². The molecule has 0 fully saturated rings. The molecule has 8 nitrogen and oxygen atoms in total. The SMILES string of the molecule is O=C1c2ccccc2C(=O)N1c1ccc(S(=O)(=O)Nc2ccnn2-c2ccccc2)cc1. The number of hydrogen-bond donors (Lipinski definition) is 1. The van der Waals surface area contributed by atoms with Crippen LogP contribution in [-0.2, 0) is 10.0 Å². The quantitative estimate of drug-likeness (QED) is 0.475. The fraction of sp³-hybridized carbons (Fsp3) is 0. The molecule has 9 heteroatoms. The van der Waals surface area contributed by atoms with Crippen LogP contribution >= 0.6 is 0 Å². The zero-order valence-electron chi connectivity index (χ0n) is 16.5. The third kappa shape index (κ3) is 3.25. The third-order valence-electron chi connectivity index (χ3n) is 5.08. The summed E-state index contributed by atoms with van der Waals surface area (Å²) in [6, 6.07) is 22.8. The van der Waals surface area contributed by atoms with Gasteiger partial charge in [-0.2, -0.15) is 5.10 Å². The number of benzene rings is 3. The Bertz CT molecular complexity index is 1410. The molecule has 1 aromatic heterocycles. The lowest BCUT2D eigenvalue weighted by Crippen LogP contribution is -2.29. The molecule has 0 saturated heterocycles. The Balaban J connectivity index is 1.41. The summed E-state index contributed by atoms with van der Waals surface area (Å²) >= 11 is 0. The van der Waals surface area contributed by atoms with Gasteiger partial charge in [-0.3, -0.25) is 14.3 Å². The Kier molecular flexibility index (Phi) is 4.60. The van der Waals surface area contributed by atoms with Crippen LogP contribution in [0.15, 0.2) is 96.0 Å². The van der Waals surface area contributed by atoms with Gasteiger partial charge in [-0.05, 0) is 48.5 Å². The van der Waals surface area contributed by atoms with Crippen molar-refractivity contribution < 1.29 is 18.0 Å². The molecule has 0 spiro atoms. The Labute approximate surface area is 183 Å². The van der Waals surface area contributed by atoms with Crippen molar-refractivity contribution in [3.63, 3.8) is 0 Å². The smallest absolute Gasteiger partial charge is 0.266 e. The molecule has 1 aliphatic heterocycles. The number of carbonyl (C=O) groups excluding carboxylic acids is 2. The van der Waals surface area contributed by atoms with Gasteiger partial charge < -0.3 is 0 Å². The summed E-state index contributed by atoms with van der Waals surface area (Å²) < 4.78 is 29.9. The van der Waals surface area contributed by atoms with Gasteiger partial charge in [0.1, 0.15) is 5.82 Å². The number of nitrogens with zero attached hydrogens (tertiary/aromatic N) is 3. The maximum Gasteiger partial charge on any atom is 0.266 e. The van der Waals surface area contributed by atoms with E-state index < -0.39 is 21.8 Å². The molecule has 0 unspecified atom stereocenters. The highest BCUT2D eigenvalue weighted by molar-refractivity contribution is 7.92. The second-order valence-corrected chi connectivity index (χ2v) is 8.74. The van der Waals surface area contributed by atoms with E-state index in [1.807, 2.05) is 30.3 Å². The van der Waals surface area contributed by atoms with Crippen molar-refractivity contribution in [1.82, 2.24) is 9.78 Å². The van der Waals surface area contributed by atoms with E-state index in [4.69, 9.17) is 0 Å². The number of imide groups is 1. The van der Waals surface area contributed by atoms with Crippen molar-refractivity contribution in [2.75, 3.05) is 9.62 Å². The number of rotatable bonds is 5. The van der Waals surface area contributed by atoms with Gasteiger partial charge in [0.05, 0.1) is 33.6 Å². The summed E-state index contributed by atoms with van der Waals surface area (Å²) in [5, 5.41) is 4.18. The van der Waals surface area contributed by atoms with Crippen LogP contribution in [-0.4, -0.2) is 30.0 Å².